The van der Waals surface area contributed by atoms with Gasteiger partial charge in [-0.2, -0.15) is 0 Å². The highest BCUT2D eigenvalue weighted by atomic mass is 32.1. The highest BCUT2D eigenvalue weighted by Crippen LogP contribution is 2.14. The van der Waals surface area contributed by atoms with E-state index in [9.17, 15) is 0 Å². The second kappa shape index (κ2) is 9.69. The molecule has 2 N–H and O–H groups in total. The fourth-order valence-corrected chi connectivity index (χ4v) is 4.00. The molecule has 0 radical (unpaired) electrons. The van der Waals surface area contributed by atoms with Gasteiger partial charge in [0.2, 0.25) is 0 Å². The summed E-state index contributed by atoms with van der Waals surface area (Å²) in [6.07, 6.45) is 4.32. The fourth-order valence-electron chi connectivity index (χ4n) is 3.29. The van der Waals surface area contributed by atoms with E-state index in [-0.39, 0.29) is 0 Å². The molecule has 140 valence electrons. The Morgan fingerprint density at radius 1 is 1.35 bits per heavy atom. The number of aromatic nitrogens is 1. The maximum atomic E-state index is 4.72. The van der Waals surface area contributed by atoms with Crippen LogP contribution in [-0.2, 0) is 13.1 Å². The van der Waals surface area contributed by atoms with Crippen molar-refractivity contribution in [2.24, 2.45) is 4.99 Å². The van der Waals surface area contributed by atoms with Crippen LogP contribution in [0.5, 0.6) is 0 Å². The van der Waals surface area contributed by atoms with Crippen LogP contribution in [-0.4, -0.2) is 41.5 Å². The molecule has 0 amide bonds. The van der Waals surface area contributed by atoms with Crippen LogP contribution < -0.4 is 10.6 Å². The van der Waals surface area contributed by atoms with Crippen molar-refractivity contribution in [2.75, 3.05) is 19.6 Å². The molecule has 1 fully saturated rings. The van der Waals surface area contributed by atoms with Crippen LogP contribution in [0.1, 0.15) is 35.2 Å². The van der Waals surface area contributed by atoms with Crippen LogP contribution >= 0.6 is 11.3 Å². The van der Waals surface area contributed by atoms with E-state index in [2.05, 4.69) is 64.7 Å². The molecule has 1 atom stereocenters. The highest BCUT2D eigenvalue weighted by Gasteiger charge is 2.20. The maximum Gasteiger partial charge on any atom is 0.191 e. The third kappa shape index (κ3) is 5.81. The Balaban J connectivity index is 1.55. The average Bonchev–Trinajstić information content (AvgIpc) is 3.06. The van der Waals surface area contributed by atoms with Crippen LogP contribution in [0, 0.1) is 6.92 Å². The number of likely N-dealkylation sites (tertiary alicyclic amines) is 1. The number of nitrogens with zero attached hydrogens (tertiary/aromatic N) is 3. The highest BCUT2D eigenvalue weighted by molar-refractivity contribution is 7.11. The van der Waals surface area contributed by atoms with E-state index in [0.717, 1.165) is 30.6 Å². The Morgan fingerprint density at radius 3 is 2.92 bits per heavy atom. The molecule has 0 spiro atoms. The van der Waals surface area contributed by atoms with Gasteiger partial charge in [0.1, 0.15) is 5.01 Å². The number of thiazole rings is 1. The van der Waals surface area contributed by atoms with Gasteiger partial charge in [-0.15, -0.1) is 11.3 Å². The predicted octanol–water partition coefficient (Wildman–Crippen LogP) is 3.17. The Morgan fingerprint density at radius 2 is 2.19 bits per heavy atom. The molecule has 3 rings (SSSR count). The van der Waals surface area contributed by atoms with Crippen molar-refractivity contribution in [1.82, 2.24) is 20.5 Å². The van der Waals surface area contributed by atoms with E-state index >= 15 is 0 Å². The summed E-state index contributed by atoms with van der Waals surface area (Å²) in [4.78, 5) is 12.9. The topological polar surface area (TPSA) is 52.6 Å². The minimum Gasteiger partial charge on any atom is -0.357 e. The number of piperidine rings is 1. The van der Waals surface area contributed by atoms with Gasteiger partial charge in [-0.05, 0) is 38.8 Å². The summed E-state index contributed by atoms with van der Waals surface area (Å²) in [7, 11) is 0. The van der Waals surface area contributed by atoms with Crippen molar-refractivity contribution >= 4 is 17.3 Å². The lowest BCUT2D eigenvalue weighted by molar-refractivity contribution is 0.192. The number of rotatable bonds is 6. The quantitative estimate of drug-likeness (QED) is 0.605. The summed E-state index contributed by atoms with van der Waals surface area (Å²) < 4.78 is 0. The normalized spacial score (nSPS) is 18.7. The van der Waals surface area contributed by atoms with Gasteiger partial charge in [-0.25, -0.2) is 9.98 Å². The van der Waals surface area contributed by atoms with Crippen molar-refractivity contribution in [1.29, 1.82) is 0 Å². The van der Waals surface area contributed by atoms with E-state index < -0.39 is 0 Å². The number of benzene rings is 1. The fraction of sp³-hybridized carbons (Fsp3) is 0.500. The van der Waals surface area contributed by atoms with Crippen LogP contribution in [0.25, 0.3) is 0 Å². The smallest absolute Gasteiger partial charge is 0.191 e. The van der Waals surface area contributed by atoms with Crippen LogP contribution in [0.4, 0.5) is 0 Å². The third-order valence-electron chi connectivity index (χ3n) is 4.48. The molecule has 1 aromatic heterocycles. The minimum atomic E-state index is 0.434. The first kappa shape index (κ1) is 18.9. The van der Waals surface area contributed by atoms with E-state index in [0.29, 0.717) is 12.6 Å². The van der Waals surface area contributed by atoms with Crippen molar-refractivity contribution in [3.8, 4) is 0 Å². The monoisotopic (exact) mass is 371 g/mol. The van der Waals surface area contributed by atoms with Gasteiger partial charge in [-0.1, -0.05) is 30.3 Å². The summed E-state index contributed by atoms with van der Waals surface area (Å²) >= 11 is 1.71. The Labute approximate surface area is 160 Å². The Bertz CT molecular complexity index is 697. The van der Waals surface area contributed by atoms with Crippen LogP contribution in [0.3, 0.4) is 0 Å². The zero-order chi connectivity index (χ0) is 18.2. The van der Waals surface area contributed by atoms with Gasteiger partial charge >= 0.3 is 0 Å². The Hall–Kier alpha value is -1.92. The molecular weight excluding hydrogens is 342 g/mol. The summed E-state index contributed by atoms with van der Waals surface area (Å²) in [6.45, 7) is 8.92. The van der Waals surface area contributed by atoms with Crippen molar-refractivity contribution in [3.05, 3.63) is 52.0 Å². The molecule has 2 aromatic rings. The lowest BCUT2D eigenvalue weighted by atomic mass is 10.0. The lowest BCUT2D eigenvalue weighted by Crippen LogP contribution is -2.50. The van der Waals surface area contributed by atoms with Crippen molar-refractivity contribution in [2.45, 2.75) is 45.8 Å². The number of guanidine groups is 1. The number of aryl methyl sites for hydroxylation is 1. The molecule has 0 bridgehead atoms. The molecule has 2 heterocycles. The van der Waals surface area contributed by atoms with Gasteiger partial charge in [0.15, 0.2) is 5.96 Å². The molecule has 6 heteroatoms. The van der Waals surface area contributed by atoms with Crippen molar-refractivity contribution < 1.29 is 0 Å². The summed E-state index contributed by atoms with van der Waals surface area (Å²) in [5, 5.41) is 8.06. The third-order valence-corrected chi connectivity index (χ3v) is 5.38. The van der Waals surface area contributed by atoms with Gasteiger partial charge in [0, 0.05) is 36.8 Å². The molecule has 1 unspecified atom stereocenters. The van der Waals surface area contributed by atoms with Gasteiger partial charge < -0.3 is 10.6 Å². The molecule has 1 saturated heterocycles. The molecule has 1 aliphatic rings. The van der Waals surface area contributed by atoms with E-state index in [1.165, 1.54) is 29.8 Å². The van der Waals surface area contributed by atoms with Crippen molar-refractivity contribution in [3.63, 3.8) is 0 Å². The first-order valence-corrected chi connectivity index (χ1v) is 10.3. The Kier molecular flexibility index (Phi) is 7.03. The van der Waals surface area contributed by atoms with Gasteiger partial charge in [-0.3, -0.25) is 4.90 Å². The van der Waals surface area contributed by atoms with Crippen LogP contribution in [0.15, 0.2) is 41.5 Å². The number of aliphatic imine (C=N–C) groups is 1. The molecule has 1 aromatic carbocycles. The summed E-state index contributed by atoms with van der Waals surface area (Å²) in [5.41, 5.74) is 1.38. The first-order valence-electron chi connectivity index (χ1n) is 9.45. The van der Waals surface area contributed by atoms with E-state index in [1.807, 2.05) is 6.20 Å². The minimum absolute atomic E-state index is 0.434. The second-order valence-corrected chi connectivity index (χ2v) is 8.08. The summed E-state index contributed by atoms with van der Waals surface area (Å²) in [6, 6.07) is 11.2. The zero-order valence-corrected chi connectivity index (χ0v) is 16.6. The standard InChI is InChI=1S/C20H29N5S/c1-3-21-20(23-13-19-22-12-16(2)26-19)24-18-10-7-11-25(15-18)14-17-8-5-4-6-9-17/h4-6,8-9,12,18H,3,7,10-11,13-15H2,1-2H3,(H2,21,23,24). The number of hydrogen-bond acceptors (Lipinski definition) is 4. The average molecular weight is 372 g/mol. The SMILES string of the molecule is CCNC(=NCc1ncc(C)s1)NC1CCCN(Cc2ccccc2)C1. The number of nitrogens with one attached hydrogen (secondary N) is 2. The lowest BCUT2D eigenvalue weighted by Gasteiger charge is -2.34. The molecule has 0 saturated carbocycles. The largest absolute Gasteiger partial charge is 0.357 e. The molecule has 5 nitrogen and oxygen atoms in total. The predicted molar refractivity (Wildman–Crippen MR) is 110 cm³/mol. The molecule has 0 aliphatic carbocycles. The van der Waals surface area contributed by atoms with Gasteiger partial charge in [0.05, 0.1) is 6.54 Å². The molecular formula is C20H29N5S. The maximum absolute atomic E-state index is 4.72. The van der Waals surface area contributed by atoms with Crippen LogP contribution in [0.2, 0.25) is 0 Å². The number of hydrogen-bond donors (Lipinski definition) is 2. The molecule has 1 aliphatic heterocycles. The zero-order valence-electron chi connectivity index (χ0n) is 15.7. The van der Waals surface area contributed by atoms with Gasteiger partial charge in [0.25, 0.3) is 0 Å². The molecule has 26 heavy (non-hydrogen) atoms. The summed E-state index contributed by atoms with van der Waals surface area (Å²) in [5.74, 6) is 0.895. The second-order valence-electron chi connectivity index (χ2n) is 6.76. The first-order chi connectivity index (χ1) is 12.7. The van der Waals surface area contributed by atoms with E-state index in [4.69, 9.17) is 4.99 Å². The van der Waals surface area contributed by atoms with E-state index in [1.54, 1.807) is 11.3 Å².